The quantitative estimate of drug-likeness (QED) is 0.549. The van der Waals surface area contributed by atoms with Gasteiger partial charge in [-0.3, -0.25) is 4.79 Å². The summed E-state index contributed by atoms with van der Waals surface area (Å²) in [5.74, 6) is -0.121. The molecule has 0 heterocycles. The standard InChI is InChI=1S/C16H29NO3/c1-2-19-16(18)15(17-13-9-10-13)11-12-20-14-7-5-3-4-6-8-14/h13-15,17H,2-12H2,1H3. The molecule has 0 aromatic carbocycles. The maximum atomic E-state index is 11.9. The van der Waals surface area contributed by atoms with Gasteiger partial charge in [0.15, 0.2) is 0 Å². The Morgan fingerprint density at radius 2 is 1.85 bits per heavy atom. The molecule has 0 aliphatic heterocycles. The van der Waals surface area contributed by atoms with Crippen molar-refractivity contribution >= 4 is 5.97 Å². The Balaban J connectivity index is 1.68. The Labute approximate surface area is 122 Å². The third-order valence-corrected chi connectivity index (χ3v) is 4.15. The SMILES string of the molecule is CCOC(=O)C(CCOC1CCCCCC1)NC1CC1. The highest BCUT2D eigenvalue weighted by molar-refractivity contribution is 5.75. The van der Waals surface area contributed by atoms with Crippen LogP contribution in [0.5, 0.6) is 0 Å². The zero-order valence-electron chi connectivity index (χ0n) is 12.7. The molecule has 2 fully saturated rings. The van der Waals surface area contributed by atoms with Crippen molar-refractivity contribution in [2.75, 3.05) is 13.2 Å². The zero-order valence-corrected chi connectivity index (χ0v) is 12.7. The number of esters is 1. The molecule has 2 aliphatic carbocycles. The van der Waals surface area contributed by atoms with Crippen molar-refractivity contribution in [3.63, 3.8) is 0 Å². The van der Waals surface area contributed by atoms with E-state index in [1.54, 1.807) is 0 Å². The van der Waals surface area contributed by atoms with Crippen molar-refractivity contribution in [3.05, 3.63) is 0 Å². The lowest BCUT2D eigenvalue weighted by Gasteiger charge is -2.20. The molecule has 2 rings (SSSR count). The van der Waals surface area contributed by atoms with Gasteiger partial charge in [0, 0.05) is 12.6 Å². The summed E-state index contributed by atoms with van der Waals surface area (Å²) in [4.78, 5) is 11.9. The molecule has 2 aliphatic rings. The molecule has 0 amide bonds. The van der Waals surface area contributed by atoms with E-state index in [9.17, 15) is 4.79 Å². The molecule has 0 saturated heterocycles. The molecular weight excluding hydrogens is 254 g/mol. The van der Waals surface area contributed by atoms with Crippen molar-refractivity contribution in [1.29, 1.82) is 0 Å². The highest BCUT2D eigenvalue weighted by Gasteiger charge is 2.29. The van der Waals surface area contributed by atoms with Crippen molar-refractivity contribution in [2.24, 2.45) is 0 Å². The fourth-order valence-corrected chi connectivity index (χ4v) is 2.81. The van der Waals surface area contributed by atoms with Gasteiger partial charge in [0.2, 0.25) is 0 Å². The van der Waals surface area contributed by atoms with Gasteiger partial charge in [-0.2, -0.15) is 0 Å². The summed E-state index contributed by atoms with van der Waals surface area (Å²) in [6.07, 6.45) is 11.1. The molecule has 1 unspecified atom stereocenters. The second-order valence-corrected chi connectivity index (χ2v) is 6.02. The van der Waals surface area contributed by atoms with Crippen molar-refractivity contribution in [2.45, 2.75) is 82.9 Å². The lowest BCUT2D eigenvalue weighted by Crippen LogP contribution is -2.40. The van der Waals surface area contributed by atoms with Gasteiger partial charge < -0.3 is 14.8 Å². The lowest BCUT2D eigenvalue weighted by atomic mass is 10.1. The number of nitrogens with one attached hydrogen (secondary N) is 1. The van der Waals surface area contributed by atoms with Crippen LogP contribution in [-0.4, -0.2) is 37.4 Å². The Morgan fingerprint density at radius 3 is 2.45 bits per heavy atom. The summed E-state index contributed by atoms with van der Waals surface area (Å²) in [5, 5.41) is 3.37. The molecule has 0 radical (unpaired) electrons. The number of rotatable bonds is 8. The Kier molecular flexibility index (Phi) is 6.80. The number of ether oxygens (including phenoxy) is 2. The van der Waals surface area contributed by atoms with Gasteiger partial charge >= 0.3 is 5.97 Å². The third kappa shape index (κ3) is 5.80. The summed E-state index contributed by atoms with van der Waals surface area (Å²) in [6.45, 7) is 2.97. The number of carbonyl (C=O) groups excluding carboxylic acids is 1. The van der Waals surface area contributed by atoms with Crippen LogP contribution in [0.2, 0.25) is 0 Å². The van der Waals surface area contributed by atoms with Crippen LogP contribution in [0.1, 0.15) is 64.7 Å². The van der Waals surface area contributed by atoms with Gasteiger partial charge in [-0.1, -0.05) is 25.7 Å². The van der Waals surface area contributed by atoms with Crippen molar-refractivity contribution in [1.82, 2.24) is 5.32 Å². The van der Waals surface area contributed by atoms with E-state index >= 15 is 0 Å². The van der Waals surface area contributed by atoms with E-state index in [1.807, 2.05) is 6.92 Å². The smallest absolute Gasteiger partial charge is 0.323 e. The summed E-state index contributed by atoms with van der Waals surface area (Å²) < 4.78 is 11.1. The van der Waals surface area contributed by atoms with Crippen LogP contribution >= 0.6 is 0 Å². The van der Waals surface area contributed by atoms with E-state index in [-0.39, 0.29) is 12.0 Å². The third-order valence-electron chi connectivity index (χ3n) is 4.15. The van der Waals surface area contributed by atoms with E-state index < -0.39 is 0 Å². The minimum atomic E-state index is -0.187. The molecule has 1 atom stereocenters. The van der Waals surface area contributed by atoms with Crippen LogP contribution in [0.4, 0.5) is 0 Å². The highest BCUT2D eigenvalue weighted by atomic mass is 16.5. The van der Waals surface area contributed by atoms with Crippen LogP contribution in [0.15, 0.2) is 0 Å². The van der Waals surface area contributed by atoms with Crippen molar-refractivity contribution < 1.29 is 14.3 Å². The van der Waals surface area contributed by atoms with Crippen LogP contribution in [0.3, 0.4) is 0 Å². The van der Waals surface area contributed by atoms with Gasteiger partial charge in [0.1, 0.15) is 6.04 Å². The molecule has 2 saturated carbocycles. The first-order chi connectivity index (χ1) is 9.79. The molecular formula is C16H29NO3. The predicted octanol–water partition coefficient (Wildman–Crippen LogP) is 2.80. The lowest BCUT2D eigenvalue weighted by molar-refractivity contribution is -0.146. The van der Waals surface area contributed by atoms with Crippen LogP contribution < -0.4 is 5.32 Å². The van der Waals surface area contributed by atoms with E-state index in [0.717, 1.165) is 6.42 Å². The van der Waals surface area contributed by atoms with Gasteiger partial charge in [-0.25, -0.2) is 0 Å². The average molecular weight is 283 g/mol. The minimum Gasteiger partial charge on any atom is -0.465 e. The second-order valence-electron chi connectivity index (χ2n) is 6.02. The molecule has 0 aromatic heterocycles. The predicted molar refractivity (Wildman–Crippen MR) is 78.6 cm³/mol. The molecule has 4 heteroatoms. The minimum absolute atomic E-state index is 0.121. The summed E-state index contributed by atoms with van der Waals surface area (Å²) >= 11 is 0. The van der Waals surface area contributed by atoms with Gasteiger partial charge in [-0.05, 0) is 39.0 Å². The molecule has 1 N–H and O–H groups in total. The molecule has 4 nitrogen and oxygen atoms in total. The number of hydrogen-bond donors (Lipinski definition) is 1. The molecule has 116 valence electrons. The van der Waals surface area contributed by atoms with Gasteiger partial charge in [0.05, 0.1) is 12.7 Å². The highest BCUT2D eigenvalue weighted by Crippen LogP contribution is 2.22. The van der Waals surface area contributed by atoms with Crippen LogP contribution in [-0.2, 0) is 14.3 Å². The van der Waals surface area contributed by atoms with Crippen LogP contribution in [0.25, 0.3) is 0 Å². The number of carbonyl (C=O) groups is 1. The largest absolute Gasteiger partial charge is 0.465 e. The first kappa shape index (κ1) is 15.8. The summed E-state index contributed by atoms with van der Waals surface area (Å²) in [5.41, 5.74) is 0. The van der Waals surface area contributed by atoms with Gasteiger partial charge in [-0.15, -0.1) is 0 Å². The molecule has 0 spiro atoms. The Bertz CT molecular complexity index is 283. The van der Waals surface area contributed by atoms with E-state index in [2.05, 4.69) is 5.32 Å². The van der Waals surface area contributed by atoms with Crippen LogP contribution in [0, 0.1) is 0 Å². The molecule has 20 heavy (non-hydrogen) atoms. The van der Waals surface area contributed by atoms with E-state index in [1.165, 1.54) is 51.4 Å². The normalized spacial score (nSPS) is 22.2. The second kappa shape index (κ2) is 8.63. The first-order valence-corrected chi connectivity index (χ1v) is 8.34. The van der Waals surface area contributed by atoms with Crippen molar-refractivity contribution in [3.8, 4) is 0 Å². The van der Waals surface area contributed by atoms with E-state index in [4.69, 9.17) is 9.47 Å². The summed E-state index contributed by atoms with van der Waals surface area (Å²) in [7, 11) is 0. The number of hydrogen-bond acceptors (Lipinski definition) is 4. The molecule has 0 bridgehead atoms. The zero-order chi connectivity index (χ0) is 14.2. The Hall–Kier alpha value is -0.610. The maximum Gasteiger partial charge on any atom is 0.323 e. The van der Waals surface area contributed by atoms with Gasteiger partial charge in [0.25, 0.3) is 0 Å². The topological polar surface area (TPSA) is 47.6 Å². The fourth-order valence-electron chi connectivity index (χ4n) is 2.81. The monoisotopic (exact) mass is 283 g/mol. The first-order valence-electron chi connectivity index (χ1n) is 8.34. The Morgan fingerprint density at radius 1 is 1.15 bits per heavy atom. The maximum absolute atomic E-state index is 11.9. The van der Waals surface area contributed by atoms with E-state index in [0.29, 0.717) is 25.4 Å². The fraction of sp³-hybridized carbons (Fsp3) is 0.938. The summed E-state index contributed by atoms with van der Waals surface area (Å²) in [6, 6.07) is 0.329. The molecule has 0 aromatic rings. The average Bonchev–Trinajstić information content (AvgIpc) is 3.25.